The van der Waals surface area contributed by atoms with E-state index in [1.165, 1.54) is 20.0 Å². The smallest absolute Gasteiger partial charge is 0.337 e. The van der Waals surface area contributed by atoms with Gasteiger partial charge in [0.05, 0.1) is 25.4 Å². The largest absolute Gasteiger partial charge is 0.491 e. The van der Waals surface area contributed by atoms with E-state index in [9.17, 15) is 9.90 Å². The van der Waals surface area contributed by atoms with Crippen LogP contribution in [0.15, 0.2) is 24.3 Å². The topological polar surface area (TPSA) is 68.2 Å². The summed E-state index contributed by atoms with van der Waals surface area (Å²) >= 11 is 0. The third-order valence-corrected chi connectivity index (χ3v) is 5.01. The highest BCUT2D eigenvalue weighted by Crippen LogP contribution is 2.28. The fourth-order valence-corrected chi connectivity index (χ4v) is 3.72. The van der Waals surface area contributed by atoms with Crippen molar-refractivity contribution < 1.29 is 24.1 Å². The number of carbonyl (C=O) groups is 1. The number of rotatable bonds is 6. The lowest BCUT2D eigenvalue weighted by molar-refractivity contribution is -0.0992. The first-order chi connectivity index (χ1) is 12.2. The number of carbonyl (C=O) groups excluding carboxylic acids is 1. The number of β-amino-alcohol motifs (C(OH)–C–C–N with tert-alkyl or cyclic N) is 1. The lowest BCUT2D eigenvalue weighted by Crippen LogP contribution is -2.55. The van der Waals surface area contributed by atoms with Crippen LogP contribution in [0.3, 0.4) is 0 Å². The van der Waals surface area contributed by atoms with Crippen molar-refractivity contribution in [2.45, 2.75) is 43.9 Å². The van der Waals surface area contributed by atoms with Gasteiger partial charge in [-0.2, -0.15) is 0 Å². The molecule has 1 saturated heterocycles. The van der Waals surface area contributed by atoms with Gasteiger partial charge in [0.15, 0.2) is 0 Å². The first-order valence-electron chi connectivity index (χ1n) is 9.02. The van der Waals surface area contributed by atoms with E-state index in [0.29, 0.717) is 30.0 Å². The molecule has 1 heterocycles. The molecule has 2 aliphatic rings. The molecule has 138 valence electrons. The van der Waals surface area contributed by atoms with E-state index >= 15 is 0 Å². The molecule has 1 aliphatic carbocycles. The van der Waals surface area contributed by atoms with E-state index in [2.05, 4.69) is 9.64 Å². The van der Waals surface area contributed by atoms with Crippen LogP contribution in [0.4, 0.5) is 0 Å². The molecule has 0 radical (unpaired) electrons. The van der Waals surface area contributed by atoms with E-state index in [4.69, 9.17) is 9.47 Å². The highest BCUT2D eigenvalue weighted by atomic mass is 16.5. The molecule has 6 heteroatoms. The Balaban J connectivity index is 1.47. The number of benzene rings is 1. The Kier molecular flexibility index (Phi) is 6.29. The van der Waals surface area contributed by atoms with Crippen LogP contribution in [-0.4, -0.2) is 67.6 Å². The van der Waals surface area contributed by atoms with Crippen LogP contribution in [-0.2, 0) is 9.47 Å². The molecule has 1 aromatic carbocycles. The number of esters is 1. The highest BCUT2D eigenvalue weighted by molar-refractivity contribution is 5.89. The van der Waals surface area contributed by atoms with Crippen molar-refractivity contribution in [1.82, 2.24) is 4.90 Å². The maximum atomic E-state index is 11.4. The van der Waals surface area contributed by atoms with Gasteiger partial charge in [-0.25, -0.2) is 4.79 Å². The third-order valence-electron chi connectivity index (χ3n) is 5.01. The quantitative estimate of drug-likeness (QED) is 0.791. The number of morpholine rings is 1. The maximum absolute atomic E-state index is 11.4. The van der Waals surface area contributed by atoms with Crippen molar-refractivity contribution in [3.8, 4) is 5.75 Å². The van der Waals surface area contributed by atoms with Crippen molar-refractivity contribution in [3.05, 3.63) is 29.8 Å². The van der Waals surface area contributed by atoms with E-state index in [-0.39, 0.29) is 12.6 Å². The molecule has 3 rings (SSSR count). The number of aliphatic hydroxyl groups is 1. The molecular formula is C19H27NO5. The molecule has 0 bridgehead atoms. The molecule has 2 fully saturated rings. The van der Waals surface area contributed by atoms with Crippen molar-refractivity contribution in [2.75, 3.05) is 33.4 Å². The number of methoxy groups -OCH3 is 1. The van der Waals surface area contributed by atoms with E-state index in [1.54, 1.807) is 24.3 Å². The standard InChI is InChI=1S/C19H27NO5/c1-23-19(22)14-6-8-16(9-7-14)25-13-15(21)12-20-10-11-24-18-5-3-2-4-17(18)20/h6-9,15,17-18,21H,2-5,10-13H2,1H3/t15-,17-,18-/m1/s1. The summed E-state index contributed by atoms with van der Waals surface area (Å²) in [4.78, 5) is 13.8. The molecule has 0 amide bonds. The molecule has 0 unspecified atom stereocenters. The fourth-order valence-electron chi connectivity index (χ4n) is 3.72. The van der Waals surface area contributed by atoms with Crippen LogP contribution in [0.25, 0.3) is 0 Å². The number of nitrogens with zero attached hydrogens (tertiary/aromatic N) is 1. The van der Waals surface area contributed by atoms with Crippen LogP contribution >= 0.6 is 0 Å². The number of hydrogen-bond acceptors (Lipinski definition) is 6. The zero-order valence-corrected chi connectivity index (χ0v) is 14.7. The average Bonchev–Trinajstić information content (AvgIpc) is 2.66. The zero-order valence-electron chi connectivity index (χ0n) is 14.7. The molecule has 6 nitrogen and oxygen atoms in total. The number of fused-ring (bicyclic) bond motifs is 1. The van der Waals surface area contributed by atoms with Crippen molar-refractivity contribution in [2.24, 2.45) is 0 Å². The van der Waals surface area contributed by atoms with Gasteiger partial charge in [-0.3, -0.25) is 4.90 Å². The lowest BCUT2D eigenvalue weighted by Gasteiger charge is -2.44. The van der Waals surface area contributed by atoms with E-state index in [0.717, 1.165) is 26.0 Å². The minimum atomic E-state index is -0.555. The Morgan fingerprint density at radius 2 is 2.08 bits per heavy atom. The van der Waals surface area contributed by atoms with Crippen LogP contribution in [0.5, 0.6) is 5.75 Å². The summed E-state index contributed by atoms with van der Waals surface area (Å²) in [6, 6.07) is 7.16. The molecular weight excluding hydrogens is 322 g/mol. The van der Waals surface area contributed by atoms with Crippen LogP contribution in [0.2, 0.25) is 0 Å². The zero-order chi connectivity index (χ0) is 17.6. The van der Waals surface area contributed by atoms with Gasteiger partial charge in [0.1, 0.15) is 18.5 Å². The van der Waals surface area contributed by atoms with Gasteiger partial charge in [0.25, 0.3) is 0 Å². The van der Waals surface area contributed by atoms with Gasteiger partial charge in [-0.1, -0.05) is 12.8 Å². The Labute approximate surface area is 148 Å². The molecule has 25 heavy (non-hydrogen) atoms. The fraction of sp³-hybridized carbons (Fsp3) is 0.632. The second-order valence-corrected chi connectivity index (χ2v) is 6.74. The second-order valence-electron chi connectivity index (χ2n) is 6.74. The Morgan fingerprint density at radius 1 is 1.32 bits per heavy atom. The van der Waals surface area contributed by atoms with Gasteiger partial charge in [0.2, 0.25) is 0 Å². The van der Waals surface area contributed by atoms with Gasteiger partial charge < -0.3 is 19.3 Å². The predicted octanol–water partition coefficient (Wildman–Crippen LogP) is 1.86. The van der Waals surface area contributed by atoms with Crippen molar-refractivity contribution >= 4 is 5.97 Å². The van der Waals surface area contributed by atoms with Crippen LogP contribution < -0.4 is 4.74 Å². The summed E-state index contributed by atoms with van der Waals surface area (Å²) in [6.45, 7) is 2.44. The first-order valence-corrected chi connectivity index (χ1v) is 9.02. The maximum Gasteiger partial charge on any atom is 0.337 e. The summed E-state index contributed by atoms with van der Waals surface area (Å²) < 4.78 is 16.2. The van der Waals surface area contributed by atoms with Crippen molar-refractivity contribution in [1.29, 1.82) is 0 Å². The Hall–Kier alpha value is -1.63. The molecule has 1 aliphatic heterocycles. The highest BCUT2D eigenvalue weighted by Gasteiger charge is 2.34. The normalized spacial score (nSPS) is 25.0. The lowest BCUT2D eigenvalue weighted by atomic mass is 9.90. The van der Waals surface area contributed by atoms with Crippen LogP contribution in [0, 0.1) is 0 Å². The molecule has 1 N–H and O–H groups in total. The second kappa shape index (κ2) is 8.65. The third kappa shape index (κ3) is 4.71. The molecule has 1 saturated carbocycles. The first kappa shape index (κ1) is 18.2. The van der Waals surface area contributed by atoms with E-state index < -0.39 is 6.10 Å². The van der Waals surface area contributed by atoms with Gasteiger partial charge in [-0.15, -0.1) is 0 Å². The molecule has 1 aromatic rings. The Bertz CT molecular complexity index is 559. The van der Waals surface area contributed by atoms with Gasteiger partial charge >= 0.3 is 5.97 Å². The summed E-state index contributed by atoms with van der Waals surface area (Å²) in [5.74, 6) is 0.255. The van der Waals surface area contributed by atoms with Gasteiger partial charge in [-0.05, 0) is 37.1 Å². The average molecular weight is 349 g/mol. The summed E-state index contributed by atoms with van der Waals surface area (Å²) in [5.41, 5.74) is 0.479. The summed E-state index contributed by atoms with van der Waals surface area (Å²) in [5, 5.41) is 10.4. The Morgan fingerprint density at radius 3 is 2.84 bits per heavy atom. The molecule has 0 spiro atoms. The minimum Gasteiger partial charge on any atom is -0.491 e. The SMILES string of the molecule is COC(=O)c1ccc(OC[C@H](O)CN2CCO[C@@H]3CCCC[C@H]32)cc1. The van der Waals surface area contributed by atoms with Gasteiger partial charge in [0, 0.05) is 19.1 Å². The number of ether oxygens (including phenoxy) is 3. The minimum absolute atomic E-state index is 0.228. The predicted molar refractivity (Wildman–Crippen MR) is 92.9 cm³/mol. The summed E-state index contributed by atoms with van der Waals surface area (Å²) in [6.07, 6.45) is 4.51. The monoisotopic (exact) mass is 349 g/mol. The van der Waals surface area contributed by atoms with E-state index in [1.807, 2.05) is 0 Å². The van der Waals surface area contributed by atoms with Crippen molar-refractivity contribution in [3.63, 3.8) is 0 Å². The summed E-state index contributed by atoms with van der Waals surface area (Å²) in [7, 11) is 1.35. The molecule has 0 aromatic heterocycles. The van der Waals surface area contributed by atoms with Crippen LogP contribution in [0.1, 0.15) is 36.0 Å². The number of hydrogen-bond donors (Lipinski definition) is 1. The number of aliphatic hydroxyl groups excluding tert-OH is 1. The molecule has 3 atom stereocenters.